The molecule has 0 radical (unpaired) electrons. The van der Waals surface area contributed by atoms with Crippen LogP contribution >= 0.6 is 0 Å². The van der Waals surface area contributed by atoms with E-state index in [0.29, 0.717) is 39.0 Å². The Morgan fingerprint density at radius 1 is 1.33 bits per heavy atom. The zero-order chi connectivity index (χ0) is 19.6. The second kappa shape index (κ2) is 7.85. The standard InChI is InChI=1S/C18H26N4O4S/c1-13-17(16-5-4-12-26-16)14(2)22(20-13)11-8-19-18(23)15-6-9-21(10-7-15)27(3,24)25/h4-5,12,15H,6-11H2,1-3H3,(H,19,23). The van der Waals surface area contributed by atoms with Crippen LogP contribution in [0.2, 0.25) is 0 Å². The Balaban J connectivity index is 1.52. The quantitative estimate of drug-likeness (QED) is 0.802. The highest BCUT2D eigenvalue weighted by atomic mass is 32.2. The van der Waals surface area contributed by atoms with Crippen LogP contribution in [-0.2, 0) is 21.4 Å². The summed E-state index contributed by atoms with van der Waals surface area (Å²) in [5.74, 6) is 0.635. The lowest BCUT2D eigenvalue weighted by molar-refractivity contribution is -0.126. The molecule has 1 saturated heterocycles. The zero-order valence-electron chi connectivity index (χ0n) is 15.9. The van der Waals surface area contributed by atoms with Crippen LogP contribution in [-0.4, -0.2) is 54.3 Å². The number of nitrogens with zero attached hydrogens (tertiary/aromatic N) is 3. The van der Waals surface area contributed by atoms with Gasteiger partial charge in [-0.3, -0.25) is 9.48 Å². The molecule has 1 N–H and O–H groups in total. The zero-order valence-corrected chi connectivity index (χ0v) is 16.8. The second-order valence-electron chi connectivity index (χ2n) is 6.97. The lowest BCUT2D eigenvalue weighted by Crippen LogP contribution is -2.43. The molecule has 1 aliphatic heterocycles. The van der Waals surface area contributed by atoms with E-state index in [0.717, 1.165) is 22.7 Å². The van der Waals surface area contributed by atoms with E-state index in [4.69, 9.17) is 4.42 Å². The topological polar surface area (TPSA) is 97.4 Å². The molecule has 9 heteroatoms. The van der Waals surface area contributed by atoms with E-state index in [1.54, 1.807) is 6.26 Å². The number of hydrogen-bond acceptors (Lipinski definition) is 5. The first-order chi connectivity index (χ1) is 12.8. The lowest BCUT2D eigenvalue weighted by atomic mass is 9.97. The largest absolute Gasteiger partial charge is 0.464 e. The van der Waals surface area contributed by atoms with Crippen molar-refractivity contribution in [1.29, 1.82) is 0 Å². The number of aromatic nitrogens is 2. The van der Waals surface area contributed by atoms with Crippen molar-refractivity contribution in [3.8, 4) is 11.3 Å². The first-order valence-corrected chi connectivity index (χ1v) is 10.9. The van der Waals surface area contributed by atoms with Crippen LogP contribution in [0.4, 0.5) is 0 Å². The van der Waals surface area contributed by atoms with Crippen molar-refractivity contribution in [2.24, 2.45) is 5.92 Å². The summed E-state index contributed by atoms with van der Waals surface area (Å²) >= 11 is 0. The average molecular weight is 394 g/mol. The van der Waals surface area contributed by atoms with Crippen molar-refractivity contribution < 1.29 is 17.6 Å². The van der Waals surface area contributed by atoms with Crippen LogP contribution in [0.3, 0.4) is 0 Å². The Hall–Kier alpha value is -2.13. The van der Waals surface area contributed by atoms with Crippen molar-refractivity contribution in [2.45, 2.75) is 33.2 Å². The van der Waals surface area contributed by atoms with Crippen molar-refractivity contribution in [3.05, 3.63) is 29.8 Å². The molecular weight excluding hydrogens is 368 g/mol. The predicted octanol–water partition coefficient (Wildman–Crippen LogP) is 1.55. The highest BCUT2D eigenvalue weighted by Crippen LogP contribution is 2.27. The molecule has 3 rings (SSSR count). The third kappa shape index (κ3) is 4.41. The highest BCUT2D eigenvalue weighted by molar-refractivity contribution is 7.88. The van der Waals surface area contributed by atoms with Crippen LogP contribution in [0.15, 0.2) is 22.8 Å². The predicted molar refractivity (Wildman–Crippen MR) is 102 cm³/mol. The summed E-state index contributed by atoms with van der Waals surface area (Å²) in [6, 6.07) is 3.76. The second-order valence-corrected chi connectivity index (χ2v) is 8.96. The minimum Gasteiger partial charge on any atom is -0.464 e. The summed E-state index contributed by atoms with van der Waals surface area (Å²) in [7, 11) is -3.17. The van der Waals surface area contributed by atoms with Crippen LogP contribution in [0.1, 0.15) is 24.2 Å². The van der Waals surface area contributed by atoms with E-state index in [2.05, 4.69) is 10.4 Å². The van der Waals surface area contributed by atoms with Gasteiger partial charge in [0.2, 0.25) is 15.9 Å². The molecule has 1 amide bonds. The highest BCUT2D eigenvalue weighted by Gasteiger charge is 2.28. The number of carbonyl (C=O) groups excluding carboxylic acids is 1. The first kappa shape index (κ1) is 19.6. The molecule has 2 aromatic heterocycles. The Bertz CT molecular complexity index is 894. The van der Waals surface area contributed by atoms with Crippen molar-refractivity contribution in [1.82, 2.24) is 19.4 Å². The number of piperidine rings is 1. The fourth-order valence-corrected chi connectivity index (χ4v) is 4.45. The minimum atomic E-state index is -3.17. The molecule has 1 aliphatic rings. The smallest absolute Gasteiger partial charge is 0.223 e. The van der Waals surface area contributed by atoms with Crippen LogP contribution in [0, 0.1) is 19.8 Å². The maximum Gasteiger partial charge on any atom is 0.223 e. The van der Waals surface area contributed by atoms with Gasteiger partial charge in [-0.15, -0.1) is 0 Å². The molecule has 2 aromatic rings. The van der Waals surface area contributed by atoms with E-state index < -0.39 is 10.0 Å². The summed E-state index contributed by atoms with van der Waals surface area (Å²) < 4.78 is 31.9. The molecule has 0 unspecified atom stereocenters. The maximum atomic E-state index is 12.4. The molecule has 27 heavy (non-hydrogen) atoms. The maximum absolute atomic E-state index is 12.4. The van der Waals surface area contributed by atoms with Gasteiger partial charge >= 0.3 is 0 Å². The van der Waals surface area contributed by atoms with Gasteiger partial charge in [-0.1, -0.05) is 0 Å². The van der Waals surface area contributed by atoms with Gasteiger partial charge in [0.25, 0.3) is 0 Å². The van der Waals surface area contributed by atoms with Gasteiger partial charge in [-0.2, -0.15) is 5.10 Å². The summed E-state index contributed by atoms with van der Waals surface area (Å²) in [6.07, 6.45) is 3.96. The van der Waals surface area contributed by atoms with E-state index in [-0.39, 0.29) is 11.8 Å². The molecule has 148 valence electrons. The van der Waals surface area contributed by atoms with E-state index in [9.17, 15) is 13.2 Å². The van der Waals surface area contributed by atoms with Crippen molar-refractivity contribution in [2.75, 3.05) is 25.9 Å². The monoisotopic (exact) mass is 394 g/mol. The Kier molecular flexibility index (Phi) is 5.71. The van der Waals surface area contributed by atoms with Gasteiger partial charge in [0.05, 0.1) is 30.3 Å². The van der Waals surface area contributed by atoms with Gasteiger partial charge in [-0.25, -0.2) is 12.7 Å². The van der Waals surface area contributed by atoms with Crippen LogP contribution < -0.4 is 5.32 Å². The molecule has 8 nitrogen and oxygen atoms in total. The van der Waals surface area contributed by atoms with E-state index >= 15 is 0 Å². The van der Waals surface area contributed by atoms with Gasteiger partial charge in [0.1, 0.15) is 5.76 Å². The number of sulfonamides is 1. The van der Waals surface area contributed by atoms with Crippen LogP contribution in [0.5, 0.6) is 0 Å². The Morgan fingerprint density at radius 3 is 2.63 bits per heavy atom. The number of carbonyl (C=O) groups is 1. The van der Waals surface area contributed by atoms with E-state index in [1.165, 1.54) is 10.6 Å². The summed E-state index contributed by atoms with van der Waals surface area (Å²) in [5, 5.41) is 7.50. The summed E-state index contributed by atoms with van der Waals surface area (Å²) in [5.41, 5.74) is 2.87. The van der Waals surface area contributed by atoms with Crippen molar-refractivity contribution in [3.63, 3.8) is 0 Å². The number of furan rings is 1. The minimum absolute atomic E-state index is 0.0176. The normalized spacial score (nSPS) is 16.6. The van der Waals surface area contributed by atoms with Gasteiger partial charge < -0.3 is 9.73 Å². The average Bonchev–Trinajstić information content (AvgIpc) is 3.22. The van der Waals surface area contributed by atoms with Crippen LogP contribution in [0.25, 0.3) is 11.3 Å². The third-order valence-electron chi connectivity index (χ3n) is 5.07. The van der Waals surface area contributed by atoms with Gasteiger partial charge in [0.15, 0.2) is 0 Å². The third-order valence-corrected chi connectivity index (χ3v) is 6.37. The fraction of sp³-hybridized carbons (Fsp3) is 0.556. The SMILES string of the molecule is Cc1nn(CCNC(=O)C2CCN(S(C)(=O)=O)CC2)c(C)c1-c1ccco1. The molecule has 0 atom stereocenters. The number of rotatable bonds is 6. The molecule has 0 aromatic carbocycles. The van der Waals surface area contributed by atoms with Crippen molar-refractivity contribution >= 4 is 15.9 Å². The number of hydrogen-bond donors (Lipinski definition) is 1. The number of aryl methyl sites for hydroxylation is 1. The molecular formula is C18H26N4O4S. The Labute approximate surface area is 159 Å². The van der Waals surface area contributed by atoms with E-state index in [1.807, 2.05) is 30.7 Å². The summed E-state index contributed by atoms with van der Waals surface area (Å²) in [6.45, 7) is 5.78. The van der Waals surface area contributed by atoms with Gasteiger partial charge in [-0.05, 0) is 38.8 Å². The summed E-state index contributed by atoms with van der Waals surface area (Å²) in [4.78, 5) is 12.4. The first-order valence-electron chi connectivity index (χ1n) is 9.08. The molecule has 0 bridgehead atoms. The molecule has 0 aliphatic carbocycles. The molecule has 1 fully saturated rings. The number of amides is 1. The fourth-order valence-electron chi connectivity index (χ4n) is 3.57. The molecule has 0 spiro atoms. The molecule has 3 heterocycles. The number of nitrogens with one attached hydrogen (secondary N) is 1. The lowest BCUT2D eigenvalue weighted by Gasteiger charge is -2.29. The molecule has 0 saturated carbocycles. The van der Waals surface area contributed by atoms with Gasteiger partial charge in [0, 0.05) is 31.2 Å². The Morgan fingerprint density at radius 2 is 2.04 bits per heavy atom.